The van der Waals surface area contributed by atoms with Gasteiger partial charge in [-0.2, -0.15) is 0 Å². The van der Waals surface area contributed by atoms with Crippen molar-refractivity contribution in [3.8, 4) is 5.75 Å². The van der Waals surface area contributed by atoms with E-state index in [1.807, 2.05) is 32.0 Å². The van der Waals surface area contributed by atoms with E-state index < -0.39 is 62.3 Å². The molecule has 0 aliphatic rings. The van der Waals surface area contributed by atoms with E-state index in [2.05, 4.69) is 39.8 Å². The van der Waals surface area contributed by atoms with Crippen molar-refractivity contribution in [3.63, 3.8) is 0 Å². The van der Waals surface area contributed by atoms with Gasteiger partial charge in [0.15, 0.2) is 6.10 Å². The summed E-state index contributed by atoms with van der Waals surface area (Å²) in [6, 6.07) is 3.34. The van der Waals surface area contributed by atoms with E-state index in [4.69, 9.17) is 27.8 Å². The molecular weight excluding hydrogens is 753 g/mol. The summed E-state index contributed by atoms with van der Waals surface area (Å²) in [6.45, 7) is 11.2. The Kier molecular flexibility index (Phi) is 20.9. The van der Waals surface area contributed by atoms with Gasteiger partial charge >= 0.3 is 19.8 Å². The van der Waals surface area contributed by atoms with Crippen LogP contribution in [-0.4, -0.2) is 105 Å². The fourth-order valence-electron chi connectivity index (χ4n) is 5.04. The molecule has 56 heavy (non-hydrogen) atoms. The summed E-state index contributed by atoms with van der Waals surface area (Å²) in [6.07, 6.45) is 4.54. The first-order valence-electron chi connectivity index (χ1n) is 18.4. The van der Waals surface area contributed by atoms with Crippen LogP contribution in [0.2, 0.25) is 0 Å². The van der Waals surface area contributed by atoms with Crippen molar-refractivity contribution in [2.24, 2.45) is 5.92 Å². The molecule has 0 saturated carbocycles. The number of benzene rings is 1. The fraction of sp³-hybridized carbons (Fsp3) is 0.568. The quantitative estimate of drug-likeness (QED) is 0.0378. The highest BCUT2D eigenvalue weighted by Crippen LogP contribution is 2.49. The molecule has 1 aromatic heterocycles. The lowest BCUT2D eigenvalue weighted by Gasteiger charge is -2.24. The maximum Gasteiger partial charge on any atom is 0.475 e. The fourth-order valence-corrected chi connectivity index (χ4v) is 6.19. The predicted octanol–water partition coefficient (Wildman–Crippen LogP) is 3.00. The third-order valence-corrected chi connectivity index (χ3v) is 9.50. The number of H-pyrrole nitrogens is 1. The zero-order chi connectivity index (χ0) is 41.7. The number of esters is 2. The minimum Gasteiger partial charge on any atom is -0.494 e. The molecule has 0 radical (unpaired) electrons. The first kappa shape index (κ1) is 47.4. The number of fused-ring (bicyclic) bond motifs is 1. The van der Waals surface area contributed by atoms with Gasteiger partial charge in [0.25, 0.3) is 0 Å². The summed E-state index contributed by atoms with van der Waals surface area (Å²) in [4.78, 5) is 77.2. The Labute approximate surface area is 327 Å². The summed E-state index contributed by atoms with van der Waals surface area (Å²) in [5, 5.41) is 11.2. The van der Waals surface area contributed by atoms with Crippen LogP contribution in [0.15, 0.2) is 37.1 Å². The molecule has 0 aliphatic heterocycles. The zero-order valence-electron chi connectivity index (χ0n) is 32.9. The van der Waals surface area contributed by atoms with Crippen LogP contribution in [-0.2, 0) is 62.8 Å². The molecule has 1 unspecified atom stereocenters. The van der Waals surface area contributed by atoms with Crippen LogP contribution in [0.4, 0.5) is 0 Å². The summed E-state index contributed by atoms with van der Waals surface area (Å²) < 4.78 is 45.3. The number of amides is 4. The molecule has 0 saturated heterocycles. The molecule has 5 atom stereocenters. The van der Waals surface area contributed by atoms with E-state index in [1.54, 1.807) is 6.20 Å². The zero-order valence-corrected chi connectivity index (χ0v) is 33.8. The molecule has 0 aliphatic carbocycles. The monoisotopic (exact) mass is 809 g/mol. The minimum absolute atomic E-state index is 0.0153. The van der Waals surface area contributed by atoms with E-state index in [0.29, 0.717) is 18.8 Å². The minimum atomic E-state index is -4.41. The Morgan fingerprint density at radius 3 is 2.32 bits per heavy atom. The van der Waals surface area contributed by atoms with Gasteiger partial charge in [-0.15, -0.1) is 6.58 Å². The number of aromatic amines is 1. The van der Waals surface area contributed by atoms with Gasteiger partial charge in [-0.3, -0.25) is 42.3 Å². The molecular formula is C37H56N5O13P. The van der Waals surface area contributed by atoms with Gasteiger partial charge in [0, 0.05) is 44.4 Å². The molecule has 4 amide bonds. The second kappa shape index (κ2) is 24.7. The van der Waals surface area contributed by atoms with Gasteiger partial charge in [0.1, 0.15) is 24.4 Å². The summed E-state index contributed by atoms with van der Waals surface area (Å²) >= 11 is 0. The number of unbranched alkanes of at least 4 members (excludes halogenated alkanes) is 1. The van der Waals surface area contributed by atoms with Gasteiger partial charge in [0.05, 0.1) is 39.4 Å². The van der Waals surface area contributed by atoms with Crippen LogP contribution < -0.4 is 26.0 Å². The SMILES string of the molecule is C=CCOP(=O)(OCCNC(=O)[C@@H](NC(=O)Cc1c[nH]c2ccc(OCCCC)cc12)[C@@H](C)CC)OC[C@@H](NC(C)=O)C(=O)NC[C@@H](COC(C)=O)OC(C)=O. The Morgan fingerprint density at radius 2 is 1.68 bits per heavy atom. The lowest BCUT2D eigenvalue weighted by Crippen LogP contribution is -2.51. The van der Waals surface area contributed by atoms with Gasteiger partial charge in [-0.1, -0.05) is 39.7 Å². The molecule has 0 bridgehead atoms. The normalized spacial score (nSPS) is 14.2. The van der Waals surface area contributed by atoms with E-state index in [0.717, 1.165) is 50.1 Å². The van der Waals surface area contributed by atoms with E-state index >= 15 is 0 Å². The lowest BCUT2D eigenvalue weighted by molar-refractivity contribution is -0.156. The number of carbonyl (C=O) groups excluding carboxylic acids is 6. The number of nitrogens with one attached hydrogen (secondary N) is 5. The number of rotatable bonds is 27. The Morgan fingerprint density at radius 1 is 0.929 bits per heavy atom. The average molecular weight is 810 g/mol. The molecule has 18 nitrogen and oxygen atoms in total. The number of aromatic nitrogens is 1. The van der Waals surface area contributed by atoms with E-state index in [9.17, 15) is 33.3 Å². The third kappa shape index (κ3) is 17.4. The highest BCUT2D eigenvalue weighted by molar-refractivity contribution is 7.48. The third-order valence-electron chi connectivity index (χ3n) is 8.07. The van der Waals surface area contributed by atoms with Crippen LogP contribution in [0, 0.1) is 5.92 Å². The van der Waals surface area contributed by atoms with E-state index in [-0.39, 0.29) is 51.2 Å². The molecule has 1 aromatic carbocycles. The highest BCUT2D eigenvalue weighted by Gasteiger charge is 2.32. The Balaban J connectivity index is 2.02. The lowest BCUT2D eigenvalue weighted by atomic mass is 9.98. The van der Waals surface area contributed by atoms with Crippen LogP contribution in [0.1, 0.15) is 66.4 Å². The van der Waals surface area contributed by atoms with Crippen molar-refractivity contribution < 1.29 is 61.1 Å². The van der Waals surface area contributed by atoms with Crippen molar-refractivity contribution in [1.82, 2.24) is 26.3 Å². The highest BCUT2D eigenvalue weighted by atomic mass is 31.2. The van der Waals surface area contributed by atoms with Gasteiger partial charge in [-0.25, -0.2) is 4.57 Å². The maximum absolute atomic E-state index is 13.5. The Hall–Kier alpha value is -4.77. The molecule has 19 heteroatoms. The molecule has 0 fully saturated rings. The van der Waals surface area contributed by atoms with Gasteiger partial charge in [-0.05, 0) is 36.1 Å². The molecule has 0 spiro atoms. The first-order chi connectivity index (χ1) is 26.6. The summed E-state index contributed by atoms with van der Waals surface area (Å²) in [5.41, 5.74) is 1.59. The van der Waals surface area contributed by atoms with Crippen LogP contribution in [0.25, 0.3) is 10.9 Å². The average Bonchev–Trinajstić information content (AvgIpc) is 3.54. The van der Waals surface area contributed by atoms with Crippen molar-refractivity contribution in [1.29, 1.82) is 0 Å². The van der Waals surface area contributed by atoms with Crippen LogP contribution >= 0.6 is 7.82 Å². The predicted molar refractivity (Wildman–Crippen MR) is 205 cm³/mol. The van der Waals surface area contributed by atoms with Crippen molar-refractivity contribution in [2.75, 3.05) is 46.1 Å². The topological polar surface area (TPSA) is 239 Å². The van der Waals surface area contributed by atoms with Crippen LogP contribution in [0.5, 0.6) is 5.75 Å². The van der Waals surface area contributed by atoms with Crippen molar-refractivity contribution in [2.45, 2.75) is 85.4 Å². The number of ether oxygens (including phenoxy) is 3. The van der Waals surface area contributed by atoms with Crippen molar-refractivity contribution >= 4 is 54.3 Å². The molecule has 5 N–H and O–H groups in total. The van der Waals surface area contributed by atoms with Crippen molar-refractivity contribution in [3.05, 3.63) is 42.6 Å². The molecule has 2 rings (SSSR count). The number of phosphoric ester groups is 1. The smallest absolute Gasteiger partial charge is 0.475 e. The standard InChI is InChI=1S/C37H56N5O13P/c1-8-11-16-50-29-12-13-32-31(19-29)28(20-39-32)18-34(46)42-35(24(4)10-3)37(48)38-14-17-53-56(49,52-15-9-2)54-23-33(41-25(5)43)36(47)40-21-30(55-27(7)45)22-51-26(6)44/h9,12-13,19-20,24,30,33,35,39H,2,8,10-11,14-18,21-23H2,1,3-7H3,(H,38,48)(H,40,47)(H,41,43)(H,42,46)/t24-,30-,33+,35-,56?/m0/s1. The molecule has 2 aromatic rings. The number of carbonyl (C=O) groups is 6. The maximum atomic E-state index is 13.5. The number of hydrogen-bond acceptors (Lipinski definition) is 13. The number of phosphoric acid groups is 1. The summed E-state index contributed by atoms with van der Waals surface area (Å²) in [5.74, 6) is -3.14. The first-order valence-corrected chi connectivity index (χ1v) is 19.9. The van der Waals surface area contributed by atoms with E-state index in [1.165, 1.54) is 6.08 Å². The Bertz CT molecular complexity index is 1680. The largest absolute Gasteiger partial charge is 0.494 e. The second-order valence-corrected chi connectivity index (χ2v) is 14.5. The van der Waals surface area contributed by atoms with Gasteiger partial charge < -0.3 is 40.5 Å². The molecule has 312 valence electrons. The van der Waals surface area contributed by atoms with Gasteiger partial charge in [0.2, 0.25) is 23.6 Å². The molecule has 1 heterocycles. The number of hydrogen-bond donors (Lipinski definition) is 5. The summed E-state index contributed by atoms with van der Waals surface area (Å²) in [7, 11) is -4.41. The van der Waals surface area contributed by atoms with Crippen LogP contribution in [0.3, 0.4) is 0 Å². The second-order valence-electron chi connectivity index (χ2n) is 12.8.